The summed E-state index contributed by atoms with van der Waals surface area (Å²) in [5.41, 5.74) is 1.04. The van der Waals surface area contributed by atoms with E-state index in [0.717, 1.165) is 18.4 Å². The van der Waals surface area contributed by atoms with Gasteiger partial charge in [0, 0.05) is 0 Å². The normalized spacial score (nSPS) is 12.2. The third kappa shape index (κ3) is 4.04. The van der Waals surface area contributed by atoms with Gasteiger partial charge < -0.3 is 9.84 Å². The number of aromatic hydroxyl groups is 1. The SMILES string of the molecule is CCC[C@H](CC(=O)OC)c1ccc(O)c(Br)c1. The molecule has 0 unspecified atom stereocenters. The highest BCUT2D eigenvalue weighted by atomic mass is 79.9. The Labute approximate surface area is 110 Å². The van der Waals surface area contributed by atoms with Gasteiger partial charge in [0.25, 0.3) is 0 Å². The number of hydrogen-bond donors (Lipinski definition) is 1. The molecule has 0 fully saturated rings. The third-order valence-corrected chi connectivity index (χ3v) is 3.36. The summed E-state index contributed by atoms with van der Waals surface area (Å²) in [6, 6.07) is 5.35. The van der Waals surface area contributed by atoms with Crippen molar-refractivity contribution in [3.05, 3.63) is 28.2 Å². The smallest absolute Gasteiger partial charge is 0.306 e. The lowest BCUT2D eigenvalue weighted by molar-refractivity contribution is -0.141. The number of phenolic OH excluding ortho intramolecular Hbond substituents is 1. The highest BCUT2D eigenvalue weighted by molar-refractivity contribution is 9.10. The fourth-order valence-electron chi connectivity index (χ4n) is 1.80. The van der Waals surface area contributed by atoms with E-state index < -0.39 is 0 Å². The predicted molar refractivity (Wildman–Crippen MR) is 70.1 cm³/mol. The number of benzene rings is 1. The lowest BCUT2D eigenvalue weighted by atomic mass is 9.91. The molecule has 3 nitrogen and oxygen atoms in total. The molecule has 0 aromatic heterocycles. The van der Waals surface area contributed by atoms with Crippen LogP contribution in [0, 0.1) is 0 Å². The van der Waals surface area contributed by atoms with Crippen molar-refractivity contribution in [3.63, 3.8) is 0 Å². The minimum absolute atomic E-state index is 0.143. The maximum Gasteiger partial charge on any atom is 0.306 e. The number of carbonyl (C=O) groups excluding carboxylic acids is 1. The van der Waals surface area contributed by atoms with Crippen LogP contribution < -0.4 is 0 Å². The Morgan fingerprint density at radius 3 is 2.76 bits per heavy atom. The van der Waals surface area contributed by atoms with Crippen molar-refractivity contribution in [1.29, 1.82) is 0 Å². The van der Waals surface area contributed by atoms with E-state index in [1.54, 1.807) is 6.07 Å². The summed E-state index contributed by atoms with van der Waals surface area (Å²) >= 11 is 3.28. The molecule has 1 atom stereocenters. The Bertz CT molecular complexity index is 390. The van der Waals surface area contributed by atoms with Crippen molar-refractivity contribution in [2.75, 3.05) is 7.11 Å². The minimum atomic E-state index is -0.201. The van der Waals surface area contributed by atoms with Crippen LogP contribution in [0.2, 0.25) is 0 Å². The van der Waals surface area contributed by atoms with Crippen molar-refractivity contribution in [2.24, 2.45) is 0 Å². The molecule has 0 radical (unpaired) electrons. The van der Waals surface area contributed by atoms with E-state index in [0.29, 0.717) is 10.9 Å². The van der Waals surface area contributed by atoms with Crippen molar-refractivity contribution < 1.29 is 14.6 Å². The highest BCUT2D eigenvalue weighted by Crippen LogP contribution is 2.31. The Balaban J connectivity index is 2.88. The van der Waals surface area contributed by atoms with Gasteiger partial charge in [-0.15, -0.1) is 0 Å². The van der Waals surface area contributed by atoms with Crippen LogP contribution in [-0.2, 0) is 9.53 Å². The van der Waals surface area contributed by atoms with Gasteiger partial charge >= 0.3 is 5.97 Å². The van der Waals surface area contributed by atoms with Crippen LogP contribution in [-0.4, -0.2) is 18.2 Å². The number of methoxy groups -OCH3 is 1. The number of carbonyl (C=O) groups is 1. The van der Waals surface area contributed by atoms with Gasteiger partial charge in [0.05, 0.1) is 18.0 Å². The van der Waals surface area contributed by atoms with Crippen LogP contribution in [0.15, 0.2) is 22.7 Å². The number of hydrogen-bond acceptors (Lipinski definition) is 3. The monoisotopic (exact) mass is 300 g/mol. The lowest BCUT2D eigenvalue weighted by Gasteiger charge is -2.16. The molecular formula is C13H17BrO3. The third-order valence-electron chi connectivity index (χ3n) is 2.72. The molecule has 17 heavy (non-hydrogen) atoms. The highest BCUT2D eigenvalue weighted by Gasteiger charge is 2.16. The van der Waals surface area contributed by atoms with Crippen molar-refractivity contribution >= 4 is 21.9 Å². The Morgan fingerprint density at radius 2 is 2.24 bits per heavy atom. The van der Waals surface area contributed by atoms with Gasteiger partial charge in [-0.05, 0) is 46.0 Å². The van der Waals surface area contributed by atoms with Crippen molar-refractivity contribution in [1.82, 2.24) is 0 Å². The van der Waals surface area contributed by atoms with E-state index in [-0.39, 0.29) is 17.6 Å². The largest absolute Gasteiger partial charge is 0.507 e. The molecule has 0 amide bonds. The van der Waals surface area contributed by atoms with E-state index in [1.807, 2.05) is 12.1 Å². The fraction of sp³-hybridized carbons (Fsp3) is 0.462. The van der Waals surface area contributed by atoms with E-state index in [2.05, 4.69) is 22.9 Å². The summed E-state index contributed by atoms with van der Waals surface area (Å²) in [7, 11) is 1.40. The molecule has 0 saturated heterocycles. The van der Waals surface area contributed by atoms with Gasteiger partial charge in [-0.3, -0.25) is 4.79 Å². The van der Waals surface area contributed by atoms with Gasteiger partial charge in [-0.1, -0.05) is 19.4 Å². The van der Waals surface area contributed by atoms with Gasteiger partial charge in [0.2, 0.25) is 0 Å². The molecule has 0 bridgehead atoms. The molecule has 0 heterocycles. The molecular weight excluding hydrogens is 284 g/mol. The first kappa shape index (κ1) is 14.0. The number of halogens is 1. The van der Waals surface area contributed by atoms with E-state index in [1.165, 1.54) is 7.11 Å². The van der Waals surface area contributed by atoms with Crippen LogP contribution in [0.4, 0.5) is 0 Å². The molecule has 4 heteroatoms. The van der Waals surface area contributed by atoms with Crippen LogP contribution in [0.25, 0.3) is 0 Å². The first-order valence-corrected chi connectivity index (χ1v) is 6.43. The molecule has 0 spiro atoms. The molecule has 0 saturated carbocycles. The zero-order chi connectivity index (χ0) is 12.8. The molecule has 0 aliphatic heterocycles. The molecule has 1 rings (SSSR count). The summed E-state index contributed by atoms with van der Waals surface area (Å²) in [5.74, 6) is 0.152. The van der Waals surface area contributed by atoms with Gasteiger partial charge in [0.15, 0.2) is 0 Å². The van der Waals surface area contributed by atoms with Crippen LogP contribution in [0.1, 0.15) is 37.7 Å². The van der Waals surface area contributed by atoms with Crippen LogP contribution >= 0.6 is 15.9 Å². The van der Waals surface area contributed by atoms with Gasteiger partial charge in [0.1, 0.15) is 5.75 Å². The van der Waals surface area contributed by atoms with Crippen molar-refractivity contribution in [2.45, 2.75) is 32.1 Å². The van der Waals surface area contributed by atoms with Gasteiger partial charge in [-0.25, -0.2) is 0 Å². The maximum absolute atomic E-state index is 11.3. The van der Waals surface area contributed by atoms with E-state index >= 15 is 0 Å². The van der Waals surface area contributed by atoms with E-state index in [9.17, 15) is 9.90 Å². The number of ether oxygens (including phenoxy) is 1. The second-order valence-corrected chi connectivity index (χ2v) is 4.83. The average molecular weight is 301 g/mol. The summed E-state index contributed by atoms with van der Waals surface area (Å²) in [6.45, 7) is 2.08. The van der Waals surface area contributed by atoms with Crippen LogP contribution in [0.3, 0.4) is 0 Å². The standard InChI is InChI=1S/C13H17BrO3/c1-3-4-9(8-13(16)17-2)10-5-6-12(15)11(14)7-10/h5-7,9,15H,3-4,8H2,1-2H3/t9-/m1/s1. The minimum Gasteiger partial charge on any atom is -0.507 e. The second-order valence-electron chi connectivity index (χ2n) is 3.98. The quantitative estimate of drug-likeness (QED) is 0.845. The van der Waals surface area contributed by atoms with Gasteiger partial charge in [-0.2, -0.15) is 0 Å². The molecule has 0 aliphatic carbocycles. The number of phenols is 1. The summed E-state index contributed by atoms with van der Waals surface area (Å²) in [6.07, 6.45) is 2.30. The Hall–Kier alpha value is -1.03. The second kappa shape index (κ2) is 6.64. The van der Waals surface area contributed by atoms with Crippen LogP contribution in [0.5, 0.6) is 5.75 Å². The number of rotatable bonds is 5. The van der Waals surface area contributed by atoms with E-state index in [4.69, 9.17) is 4.74 Å². The summed E-state index contributed by atoms with van der Waals surface area (Å²) in [5, 5.41) is 9.44. The maximum atomic E-state index is 11.3. The van der Waals surface area contributed by atoms with Crippen molar-refractivity contribution in [3.8, 4) is 5.75 Å². The fourth-order valence-corrected chi connectivity index (χ4v) is 2.19. The molecule has 1 aromatic carbocycles. The zero-order valence-electron chi connectivity index (χ0n) is 10.1. The molecule has 0 aliphatic rings. The lowest BCUT2D eigenvalue weighted by Crippen LogP contribution is -2.08. The Morgan fingerprint density at radius 1 is 1.53 bits per heavy atom. The molecule has 1 aromatic rings. The predicted octanol–water partition coefficient (Wildman–Crippen LogP) is 3.60. The first-order chi connectivity index (χ1) is 8.08. The average Bonchev–Trinajstić information content (AvgIpc) is 2.32. The number of esters is 1. The zero-order valence-corrected chi connectivity index (χ0v) is 11.7. The Kier molecular flexibility index (Phi) is 5.48. The summed E-state index contributed by atoms with van der Waals surface area (Å²) in [4.78, 5) is 11.3. The first-order valence-electron chi connectivity index (χ1n) is 5.63. The molecule has 94 valence electrons. The molecule has 1 N–H and O–H groups in total. The summed E-state index contributed by atoms with van der Waals surface area (Å²) < 4.78 is 5.36. The topological polar surface area (TPSA) is 46.5 Å².